The summed E-state index contributed by atoms with van der Waals surface area (Å²) in [5.74, 6) is -0.0260. The van der Waals surface area contributed by atoms with Gasteiger partial charge in [0.15, 0.2) is 0 Å². The van der Waals surface area contributed by atoms with Crippen molar-refractivity contribution in [2.45, 2.75) is 19.4 Å². The molecule has 3 rings (SSSR count). The zero-order valence-electron chi connectivity index (χ0n) is 11.5. The van der Waals surface area contributed by atoms with Gasteiger partial charge in [0.05, 0.1) is 17.9 Å². The van der Waals surface area contributed by atoms with Gasteiger partial charge in [0.2, 0.25) is 0 Å². The Morgan fingerprint density at radius 1 is 1.55 bits per heavy atom. The van der Waals surface area contributed by atoms with Crippen LogP contribution in [0.2, 0.25) is 0 Å². The first-order chi connectivity index (χ1) is 9.48. The molecule has 2 N–H and O–H groups in total. The number of morpholine rings is 1. The first kappa shape index (κ1) is 13.3. The Labute approximate surface area is 121 Å². The predicted molar refractivity (Wildman–Crippen MR) is 80.0 cm³/mol. The van der Waals surface area contributed by atoms with Gasteiger partial charge in [-0.25, -0.2) is 4.98 Å². The summed E-state index contributed by atoms with van der Waals surface area (Å²) in [6.07, 6.45) is 1.71. The quantitative estimate of drug-likeness (QED) is 0.874. The molecule has 0 aliphatic carbocycles. The normalized spacial score (nSPS) is 18.4. The van der Waals surface area contributed by atoms with E-state index in [0.29, 0.717) is 30.3 Å². The number of thiophene rings is 1. The standard InChI is InChI=1S/C14H17N3O2S/c1-14(2)8-17(6-7-19-14)13(18)11-10(15)9-4-3-5-16-12(9)20-11/h3-5H,6-8,15H2,1-2H3. The van der Waals surface area contributed by atoms with Crippen molar-refractivity contribution >= 4 is 33.1 Å². The summed E-state index contributed by atoms with van der Waals surface area (Å²) in [6, 6.07) is 3.73. The molecule has 1 aliphatic heterocycles. The zero-order valence-corrected chi connectivity index (χ0v) is 12.4. The molecule has 106 valence electrons. The molecule has 1 amide bonds. The van der Waals surface area contributed by atoms with Crippen molar-refractivity contribution in [2.24, 2.45) is 0 Å². The number of nitrogens with two attached hydrogens (primary N) is 1. The molecule has 0 atom stereocenters. The van der Waals surface area contributed by atoms with E-state index >= 15 is 0 Å². The van der Waals surface area contributed by atoms with Crippen molar-refractivity contribution < 1.29 is 9.53 Å². The first-order valence-corrected chi connectivity index (χ1v) is 7.36. The molecule has 2 aromatic heterocycles. The lowest BCUT2D eigenvalue weighted by atomic mass is 10.1. The summed E-state index contributed by atoms with van der Waals surface area (Å²) < 4.78 is 5.64. The van der Waals surface area contributed by atoms with E-state index in [1.54, 1.807) is 6.20 Å². The van der Waals surface area contributed by atoms with Crippen molar-refractivity contribution in [1.29, 1.82) is 0 Å². The summed E-state index contributed by atoms with van der Waals surface area (Å²) in [6.45, 7) is 5.71. The maximum Gasteiger partial charge on any atom is 0.266 e. The third-order valence-corrected chi connectivity index (χ3v) is 4.53. The minimum absolute atomic E-state index is 0.0260. The van der Waals surface area contributed by atoms with Crippen LogP contribution < -0.4 is 5.73 Å². The maximum absolute atomic E-state index is 12.7. The second kappa shape index (κ2) is 4.71. The molecule has 0 aromatic carbocycles. The monoisotopic (exact) mass is 291 g/mol. The molecule has 1 fully saturated rings. The van der Waals surface area contributed by atoms with Gasteiger partial charge in [-0.2, -0.15) is 0 Å². The van der Waals surface area contributed by atoms with Gasteiger partial charge in [0.25, 0.3) is 5.91 Å². The highest BCUT2D eigenvalue weighted by Gasteiger charge is 2.32. The number of carbonyl (C=O) groups excluding carboxylic acids is 1. The number of anilines is 1. The van der Waals surface area contributed by atoms with E-state index in [4.69, 9.17) is 10.5 Å². The van der Waals surface area contributed by atoms with Crippen molar-refractivity contribution in [3.05, 3.63) is 23.2 Å². The number of hydrogen-bond acceptors (Lipinski definition) is 5. The molecule has 0 spiro atoms. The summed E-state index contributed by atoms with van der Waals surface area (Å²) >= 11 is 1.36. The minimum Gasteiger partial charge on any atom is -0.397 e. The van der Waals surface area contributed by atoms with Crippen LogP contribution in [0.5, 0.6) is 0 Å². The average Bonchev–Trinajstić information content (AvgIpc) is 2.75. The fourth-order valence-corrected chi connectivity index (χ4v) is 3.47. The van der Waals surface area contributed by atoms with Crippen molar-refractivity contribution in [1.82, 2.24) is 9.88 Å². The van der Waals surface area contributed by atoms with Crippen LogP contribution in [0.1, 0.15) is 23.5 Å². The lowest BCUT2D eigenvalue weighted by Crippen LogP contribution is -2.50. The Hall–Kier alpha value is -1.66. The number of rotatable bonds is 1. The van der Waals surface area contributed by atoms with Crippen molar-refractivity contribution in [3.63, 3.8) is 0 Å². The smallest absolute Gasteiger partial charge is 0.266 e. The van der Waals surface area contributed by atoms with Gasteiger partial charge in [-0.3, -0.25) is 4.79 Å². The Morgan fingerprint density at radius 3 is 3.05 bits per heavy atom. The maximum atomic E-state index is 12.7. The lowest BCUT2D eigenvalue weighted by Gasteiger charge is -2.38. The van der Waals surface area contributed by atoms with Crippen molar-refractivity contribution in [3.8, 4) is 0 Å². The van der Waals surface area contributed by atoms with Crippen molar-refractivity contribution in [2.75, 3.05) is 25.4 Å². The molecule has 6 heteroatoms. The van der Waals surface area contributed by atoms with Crippen LogP contribution in [-0.2, 0) is 4.74 Å². The molecule has 3 heterocycles. The third kappa shape index (κ3) is 2.25. The highest BCUT2D eigenvalue weighted by molar-refractivity contribution is 7.21. The van der Waals surface area contributed by atoms with E-state index in [1.807, 2.05) is 30.9 Å². The zero-order chi connectivity index (χ0) is 14.3. The number of nitrogens with zero attached hydrogens (tertiary/aromatic N) is 2. The molecule has 0 radical (unpaired) electrons. The average molecular weight is 291 g/mol. The fourth-order valence-electron chi connectivity index (χ4n) is 2.44. The van der Waals surface area contributed by atoms with Crippen LogP contribution in [0.3, 0.4) is 0 Å². The van der Waals surface area contributed by atoms with Gasteiger partial charge in [0, 0.05) is 24.7 Å². The second-order valence-electron chi connectivity index (χ2n) is 5.54. The highest BCUT2D eigenvalue weighted by Crippen LogP contribution is 2.33. The van der Waals surface area contributed by atoms with Gasteiger partial charge in [0.1, 0.15) is 9.71 Å². The molecule has 5 nitrogen and oxygen atoms in total. The van der Waals surface area contributed by atoms with E-state index in [-0.39, 0.29) is 11.5 Å². The van der Waals surface area contributed by atoms with Crippen LogP contribution >= 0.6 is 11.3 Å². The number of aromatic nitrogens is 1. The second-order valence-corrected chi connectivity index (χ2v) is 6.53. The fraction of sp³-hybridized carbons (Fsp3) is 0.429. The number of fused-ring (bicyclic) bond motifs is 1. The molecule has 0 saturated carbocycles. The first-order valence-electron chi connectivity index (χ1n) is 6.54. The molecular formula is C14H17N3O2S. The van der Waals surface area contributed by atoms with Gasteiger partial charge < -0.3 is 15.4 Å². The third-order valence-electron chi connectivity index (χ3n) is 3.41. The summed E-state index contributed by atoms with van der Waals surface area (Å²) in [4.78, 5) is 20.1. The predicted octanol–water partition coefficient (Wildman–Crippen LogP) is 2.13. The lowest BCUT2D eigenvalue weighted by molar-refractivity contribution is -0.0762. The molecule has 20 heavy (non-hydrogen) atoms. The van der Waals surface area contributed by atoms with Crippen LogP contribution in [0.15, 0.2) is 18.3 Å². The van der Waals surface area contributed by atoms with E-state index in [0.717, 1.165) is 10.2 Å². The van der Waals surface area contributed by atoms with E-state index in [1.165, 1.54) is 11.3 Å². The SMILES string of the molecule is CC1(C)CN(C(=O)c2sc3ncccc3c2N)CCO1. The molecule has 1 aliphatic rings. The molecular weight excluding hydrogens is 274 g/mol. The number of ether oxygens (including phenoxy) is 1. The number of pyridine rings is 1. The number of nitrogen functional groups attached to an aromatic ring is 1. The molecule has 1 saturated heterocycles. The van der Waals surface area contributed by atoms with Crippen LogP contribution in [0.25, 0.3) is 10.2 Å². The Balaban J connectivity index is 1.94. The highest BCUT2D eigenvalue weighted by atomic mass is 32.1. The van der Waals surface area contributed by atoms with Crippen LogP contribution in [0.4, 0.5) is 5.69 Å². The number of hydrogen-bond donors (Lipinski definition) is 1. The van der Waals surface area contributed by atoms with Gasteiger partial charge in [-0.15, -0.1) is 11.3 Å². The van der Waals surface area contributed by atoms with Gasteiger partial charge >= 0.3 is 0 Å². The summed E-state index contributed by atoms with van der Waals surface area (Å²) in [5.41, 5.74) is 6.33. The van der Waals surface area contributed by atoms with Gasteiger partial charge in [-0.05, 0) is 26.0 Å². The number of carbonyl (C=O) groups is 1. The topological polar surface area (TPSA) is 68.5 Å². The molecule has 0 unspecified atom stereocenters. The van der Waals surface area contributed by atoms with E-state index < -0.39 is 0 Å². The largest absolute Gasteiger partial charge is 0.397 e. The number of amides is 1. The molecule has 0 bridgehead atoms. The summed E-state index contributed by atoms with van der Waals surface area (Å²) in [7, 11) is 0. The van der Waals surface area contributed by atoms with Crippen LogP contribution in [0, 0.1) is 0 Å². The Kier molecular flexibility index (Phi) is 3.14. The minimum atomic E-state index is -0.308. The Morgan fingerprint density at radius 2 is 2.35 bits per heavy atom. The Bertz CT molecular complexity index is 665. The van der Waals surface area contributed by atoms with Crippen LogP contribution in [-0.4, -0.2) is 41.1 Å². The van der Waals surface area contributed by atoms with E-state index in [9.17, 15) is 4.79 Å². The van der Waals surface area contributed by atoms with E-state index in [2.05, 4.69) is 4.98 Å². The summed E-state index contributed by atoms with van der Waals surface area (Å²) in [5, 5.41) is 0.855. The molecule has 2 aromatic rings. The van der Waals surface area contributed by atoms with Gasteiger partial charge in [-0.1, -0.05) is 0 Å².